The standard InChI is InChI=1S/C12H27N3O/c1-11(2)10-15-12(13-3)14-8-6-5-7-9-16-4/h11H,5-10H2,1-4H3,(H2,13,14,15). The van der Waals surface area contributed by atoms with Crippen molar-refractivity contribution in [3.8, 4) is 0 Å². The van der Waals surface area contributed by atoms with Crippen LogP contribution >= 0.6 is 0 Å². The molecule has 0 fully saturated rings. The Bertz CT molecular complexity index is 181. The Morgan fingerprint density at radius 3 is 2.50 bits per heavy atom. The van der Waals surface area contributed by atoms with Crippen molar-refractivity contribution >= 4 is 5.96 Å². The number of aliphatic imine (C=N–C) groups is 1. The highest BCUT2D eigenvalue weighted by molar-refractivity contribution is 5.79. The molecule has 0 heterocycles. The Hall–Kier alpha value is -0.770. The van der Waals surface area contributed by atoms with Crippen LogP contribution in [0, 0.1) is 5.92 Å². The largest absolute Gasteiger partial charge is 0.385 e. The molecule has 0 aromatic heterocycles. The van der Waals surface area contributed by atoms with E-state index in [0.29, 0.717) is 5.92 Å². The van der Waals surface area contributed by atoms with Crippen molar-refractivity contribution in [2.45, 2.75) is 33.1 Å². The molecule has 0 amide bonds. The molecule has 0 aliphatic carbocycles. The van der Waals surface area contributed by atoms with Crippen LogP contribution in [0.3, 0.4) is 0 Å². The van der Waals surface area contributed by atoms with Crippen molar-refractivity contribution in [1.29, 1.82) is 0 Å². The summed E-state index contributed by atoms with van der Waals surface area (Å²) in [4.78, 5) is 4.16. The Morgan fingerprint density at radius 2 is 1.94 bits per heavy atom. The van der Waals surface area contributed by atoms with Gasteiger partial charge < -0.3 is 15.4 Å². The third-order valence-electron chi connectivity index (χ3n) is 2.22. The SMILES string of the molecule is CN=C(NCCCCCOC)NCC(C)C. The fourth-order valence-corrected chi connectivity index (χ4v) is 1.28. The second-order valence-corrected chi connectivity index (χ2v) is 4.33. The second kappa shape index (κ2) is 10.7. The molecule has 16 heavy (non-hydrogen) atoms. The molecule has 0 atom stereocenters. The number of hydrogen-bond donors (Lipinski definition) is 2. The summed E-state index contributed by atoms with van der Waals surface area (Å²) in [6.45, 7) is 7.17. The van der Waals surface area contributed by atoms with Crippen LogP contribution in [0.5, 0.6) is 0 Å². The summed E-state index contributed by atoms with van der Waals surface area (Å²) in [5, 5.41) is 6.58. The van der Waals surface area contributed by atoms with Gasteiger partial charge in [-0.05, 0) is 25.2 Å². The van der Waals surface area contributed by atoms with Crippen LogP contribution < -0.4 is 10.6 Å². The van der Waals surface area contributed by atoms with Gasteiger partial charge in [0.15, 0.2) is 5.96 Å². The summed E-state index contributed by atoms with van der Waals surface area (Å²) in [6.07, 6.45) is 3.49. The van der Waals surface area contributed by atoms with Crippen molar-refractivity contribution in [2.24, 2.45) is 10.9 Å². The minimum absolute atomic E-state index is 0.639. The second-order valence-electron chi connectivity index (χ2n) is 4.33. The molecule has 4 heteroatoms. The molecule has 0 bridgehead atoms. The summed E-state index contributed by atoms with van der Waals surface area (Å²) in [5.74, 6) is 1.54. The maximum Gasteiger partial charge on any atom is 0.190 e. The van der Waals surface area contributed by atoms with Gasteiger partial charge in [-0.25, -0.2) is 0 Å². The Kier molecular flexibility index (Phi) is 10.2. The van der Waals surface area contributed by atoms with Crippen LogP contribution in [0.4, 0.5) is 0 Å². The zero-order valence-corrected chi connectivity index (χ0v) is 11.2. The molecule has 0 saturated carbocycles. The summed E-state index contributed by atoms with van der Waals surface area (Å²) in [5.41, 5.74) is 0. The van der Waals surface area contributed by atoms with Gasteiger partial charge in [0.2, 0.25) is 0 Å². The molecule has 0 aliphatic heterocycles. The van der Waals surface area contributed by atoms with Crippen LogP contribution in [0.2, 0.25) is 0 Å². The summed E-state index contributed by atoms with van der Waals surface area (Å²) in [7, 11) is 3.55. The topological polar surface area (TPSA) is 45.7 Å². The molecule has 0 unspecified atom stereocenters. The van der Waals surface area contributed by atoms with E-state index in [1.54, 1.807) is 14.2 Å². The number of rotatable bonds is 8. The number of unbranched alkanes of at least 4 members (excludes halogenated alkanes) is 2. The van der Waals surface area contributed by atoms with Gasteiger partial charge in [0, 0.05) is 33.9 Å². The van der Waals surface area contributed by atoms with E-state index >= 15 is 0 Å². The van der Waals surface area contributed by atoms with Gasteiger partial charge in [-0.2, -0.15) is 0 Å². The number of hydrogen-bond acceptors (Lipinski definition) is 2. The first-order chi connectivity index (χ1) is 7.70. The van der Waals surface area contributed by atoms with Crippen LogP contribution in [-0.2, 0) is 4.74 Å². The minimum Gasteiger partial charge on any atom is -0.385 e. The van der Waals surface area contributed by atoms with Crippen LogP contribution in [0.15, 0.2) is 4.99 Å². The zero-order chi connectivity index (χ0) is 12.2. The molecule has 0 saturated heterocycles. The average Bonchev–Trinajstić information content (AvgIpc) is 2.27. The average molecular weight is 229 g/mol. The van der Waals surface area contributed by atoms with Gasteiger partial charge in [0.1, 0.15) is 0 Å². The van der Waals surface area contributed by atoms with E-state index in [0.717, 1.165) is 38.5 Å². The lowest BCUT2D eigenvalue weighted by atomic mass is 10.2. The van der Waals surface area contributed by atoms with Gasteiger partial charge in [-0.3, -0.25) is 4.99 Å². The Balaban J connectivity index is 3.42. The first-order valence-electron chi connectivity index (χ1n) is 6.14. The molecule has 0 radical (unpaired) electrons. The third kappa shape index (κ3) is 9.77. The van der Waals surface area contributed by atoms with Crippen molar-refractivity contribution in [3.05, 3.63) is 0 Å². The van der Waals surface area contributed by atoms with Crippen molar-refractivity contribution in [2.75, 3.05) is 33.9 Å². The maximum absolute atomic E-state index is 5.00. The molecule has 0 aliphatic rings. The van der Waals surface area contributed by atoms with E-state index in [1.165, 1.54) is 6.42 Å². The number of nitrogens with zero attached hydrogens (tertiary/aromatic N) is 1. The lowest BCUT2D eigenvalue weighted by Gasteiger charge is -2.13. The quantitative estimate of drug-likeness (QED) is 0.378. The van der Waals surface area contributed by atoms with Gasteiger partial charge in [0.05, 0.1) is 0 Å². The number of nitrogens with one attached hydrogen (secondary N) is 2. The molecule has 0 spiro atoms. The molecule has 96 valence electrons. The number of guanidine groups is 1. The molecule has 0 aromatic carbocycles. The van der Waals surface area contributed by atoms with Crippen molar-refractivity contribution in [1.82, 2.24) is 10.6 Å². The smallest absolute Gasteiger partial charge is 0.190 e. The molecular formula is C12H27N3O. The number of methoxy groups -OCH3 is 1. The van der Waals surface area contributed by atoms with E-state index < -0.39 is 0 Å². The lowest BCUT2D eigenvalue weighted by Crippen LogP contribution is -2.39. The highest BCUT2D eigenvalue weighted by Gasteiger charge is 1.98. The monoisotopic (exact) mass is 229 g/mol. The summed E-state index contributed by atoms with van der Waals surface area (Å²) < 4.78 is 5.00. The first-order valence-corrected chi connectivity index (χ1v) is 6.14. The summed E-state index contributed by atoms with van der Waals surface area (Å²) in [6, 6.07) is 0. The minimum atomic E-state index is 0.639. The van der Waals surface area contributed by atoms with E-state index in [-0.39, 0.29) is 0 Å². The summed E-state index contributed by atoms with van der Waals surface area (Å²) >= 11 is 0. The van der Waals surface area contributed by atoms with Crippen LogP contribution in [0.1, 0.15) is 33.1 Å². The Morgan fingerprint density at radius 1 is 1.19 bits per heavy atom. The van der Waals surface area contributed by atoms with Gasteiger partial charge in [0.25, 0.3) is 0 Å². The van der Waals surface area contributed by atoms with Gasteiger partial charge >= 0.3 is 0 Å². The van der Waals surface area contributed by atoms with E-state index in [1.807, 2.05) is 0 Å². The Labute approximate surface area is 99.9 Å². The van der Waals surface area contributed by atoms with Crippen molar-refractivity contribution in [3.63, 3.8) is 0 Å². The predicted octanol–water partition coefficient (Wildman–Crippen LogP) is 1.62. The lowest BCUT2D eigenvalue weighted by molar-refractivity contribution is 0.192. The first kappa shape index (κ1) is 15.2. The molecule has 2 N–H and O–H groups in total. The predicted molar refractivity (Wildman–Crippen MR) is 69.9 cm³/mol. The zero-order valence-electron chi connectivity index (χ0n) is 11.2. The molecule has 0 rings (SSSR count). The fourth-order valence-electron chi connectivity index (χ4n) is 1.28. The van der Waals surface area contributed by atoms with E-state index in [2.05, 4.69) is 29.5 Å². The maximum atomic E-state index is 5.00. The van der Waals surface area contributed by atoms with Crippen LogP contribution in [0.25, 0.3) is 0 Å². The van der Waals surface area contributed by atoms with Crippen LogP contribution in [-0.4, -0.2) is 39.8 Å². The van der Waals surface area contributed by atoms with Gasteiger partial charge in [-0.15, -0.1) is 0 Å². The van der Waals surface area contributed by atoms with E-state index in [4.69, 9.17) is 4.74 Å². The van der Waals surface area contributed by atoms with E-state index in [9.17, 15) is 0 Å². The highest BCUT2D eigenvalue weighted by atomic mass is 16.5. The third-order valence-corrected chi connectivity index (χ3v) is 2.22. The fraction of sp³-hybridized carbons (Fsp3) is 0.917. The highest BCUT2D eigenvalue weighted by Crippen LogP contribution is 1.93. The molecular weight excluding hydrogens is 202 g/mol. The normalized spacial score (nSPS) is 11.9. The number of ether oxygens (including phenoxy) is 1. The molecule has 0 aromatic rings. The van der Waals surface area contributed by atoms with Gasteiger partial charge in [-0.1, -0.05) is 13.8 Å². The van der Waals surface area contributed by atoms with Crippen molar-refractivity contribution < 1.29 is 4.74 Å². The molecule has 4 nitrogen and oxygen atoms in total.